The van der Waals surface area contributed by atoms with Crippen molar-refractivity contribution in [2.75, 3.05) is 25.9 Å². The van der Waals surface area contributed by atoms with Crippen LogP contribution in [-0.2, 0) is 0 Å². The van der Waals surface area contributed by atoms with Crippen LogP contribution in [0.1, 0.15) is 45.7 Å². The van der Waals surface area contributed by atoms with Gasteiger partial charge in [-0.3, -0.25) is 9.59 Å². The number of aromatic nitrogens is 4. The molecule has 0 fully saturated rings. The minimum Gasteiger partial charge on any atom is -0.480 e. The van der Waals surface area contributed by atoms with Gasteiger partial charge in [0.15, 0.2) is 5.82 Å². The second-order valence-electron chi connectivity index (χ2n) is 8.10. The molecule has 11 nitrogen and oxygen atoms in total. The third kappa shape index (κ3) is 5.47. The molecular formula is C25H26ClN7O4. The van der Waals surface area contributed by atoms with E-state index in [9.17, 15) is 14.7 Å². The molecule has 0 spiro atoms. The van der Waals surface area contributed by atoms with E-state index in [0.29, 0.717) is 39.5 Å². The first-order valence-corrected chi connectivity index (χ1v) is 11.9. The average Bonchev–Trinajstić information content (AvgIpc) is 3.30. The minimum atomic E-state index is -0.770. The molecule has 5 N–H and O–H groups in total. The van der Waals surface area contributed by atoms with Gasteiger partial charge in [0.05, 0.1) is 24.5 Å². The number of carbonyl (C=O) groups excluding carboxylic acids is 2. The van der Waals surface area contributed by atoms with E-state index >= 15 is 0 Å². The van der Waals surface area contributed by atoms with Crippen molar-refractivity contribution in [3.05, 3.63) is 70.6 Å². The number of aliphatic hydroxyl groups excluding tert-OH is 1. The lowest BCUT2D eigenvalue weighted by molar-refractivity contribution is 0.0935. The summed E-state index contributed by atoms with van der Waals surface area (Å²) < 4.78 is 6.78. The van der Waals surface area contributed by atoms with Crippen LogP contribution in [0.25, 0.3) is 16.8 Å². The van der Waals surface area contributed by atoms with Crippen molar-refractivity contribution in [3.63, 3.8) is 0 Å². The first kappa shape index (κ1) is 25.9. The Morgan fingerprint density at radius 3 is 2.57 bits per heavy atom. The number of hydrogen-bond donors (Lipinski definition) is 4. The van der Waals surface area contributed by atoms with Gasteiger partial charge in [-0.05, 0) is 43.2 Å². The number of rotatable bonds is 9. The molecule has 3 heterocycles. The van der Waals surface area contributed by atoms with E-state index in [1.807, 2.05) is 6.92 Å². The molecule has 0 radical (unpaired) electrons. The third-order valence-electron chi connectivity index (χ3n) is 5.71. The van der Waals surface area contributed by atoms with Crippen molar-refractivity contribution < 1.29 is 19.4 Å². The molecule has 0 aliphatic rings. The predicted molar refractivity (Wildman–Crippen MR) is 139 cm³/mol. The summed E-state index contributed by atoms with van der Waals surface area (Å²) in [5.74, 6) is -0.500. The van der Waals surface area contributed by atoms with Gasteiger partial charge in [0.1, 0.15) is 17.4 Å². The molecule has 0 aliphatic carbocycles. The zero-order chi connectivity index (χ0) is 26.5. The number of nitrogens with zero attached hydrogens (tertiary/aromatic N) is 4. The van der Waals surface area contributed by atoms with Crippen LogP contribution in [0.5, 0.6) is 5.88 Å². The molecule has 12 heteroatoms. The Labute approximate surface area is 217 Å². The van der Waals surface area contributed by atoms with E-state index in [2.05, 4.69) is 25.7 Å². The van der Waals surface area contributed by atoms with Crippen LogP contribution in [-0.4, -0.2) is 56.7 Å². The molecule has 4 rings (SSSR count). The summed E-state index contributed by atoms with van der Waals surface area (Å²) in [6.07, 6.45) is 2.32. The number of amides is 2. The number of nitrogen functional groups attached to an aromatic ring is 1. The van der Waals surface area contributed by atoms with Gasteiger partial charge >= 0.3 is 0 Å². The molecule has 2 amide bonds. The van der Waals surface area contributed by atoms with Gasteiger partial charge in [0, 0.05) is 29.9 Å². The van der Waals surface area contributed by atoms with E-state index < -0.39 is 12.0 Å². The summed E-state index contributed by atoms with van der Waals surface area (Å²) in [4.78, 5) is 34.0. The number of pyridine rings is 1. The Morgan fingerprint density at radius 1 is 1.14 bits per heavy atom. The lowest BCUT2D eigenvalue weighted by Crippen LogP contribution is -2.26. The Bertz CT molecular complexity index is 1440. The lowest BCUT2D eigenvalue weighted by atomic mass is 10.1. The number of hydrogen-bond acceptors (Lipinski definition) is 8. The van der Waals surface area contributed by atoms with Crippen molar-refractivity contribution in [3.8, 4) is 17.1 Å². The maximum atomic E-state index is 13.0. The highest BCUT2D eigenvalue weighted by Gasteiger charge is 2.22. The molecule has 3 aromatic heterocycles. The number of anilines is 1. The topological polar surface area (TPSA) is 157 Å². The van der Waals surface area contributed by atoms with Crippen molar-refractivity contribution in [2.24, 2.45) is 0 Å². The van der Waals surface area contributed by atoms with Crippen LogP contribution >= 0.6 is 11.6 Å². The molecule has 0 aliphatic heterocycles. The molecular weight excluding hydrogens is 498 g/mol. The first-order chi connectivity index (χ1) is 17.8. The zero-order valence-corrected chi connectivity index (χ0v) is 21.0. The van der Waals surface area contributed by atoms with Crippen LogP contribution in [0.4, 0.5) is 5.82 Å². The van der Waals surface area contributed by atoms with Crippen molar-refractivity contribution in [1.82, 2.24) is 30.2 Å². The van der Waals surface area contributed by atoms with E-state index in [-0.39, 0.29) is 36.1 Å². The summed E-state index contributed by atoms with van der Waals surface area (Å²) in [6.45, 7) is 2.44. The standard InChI is InChI=1S/C25H26ClN7O4/c1-3-28-23(35)17-11-19(33-21(17)22(27)31-13-32-33)15-10-18(25(37-2)30-12-15)24(36)29-9-8-20(34)14-4-6-16(26)7-5-14/h4-7,10-13,20,34H,3,8-9H2,1-2H3,(H,28,35)(H,29,36)(H2,27,31,32). The Balaban J connectivity index is 1.60. The number of halogens is 1. The highest BCUT2D eigenvalue weighted by Crippen LogP contribution is 2.30. The van der Waals surface area contributed by atoms with E-state index in [1.165, 1.54) is 24.1 Å². The predicted octanol–water partition coefficient (Wildman–Crippen LogP) is 2.64. The van der Waals surface area contributed by atoms with Crippen LogP contribution in [0.3, 0.4) is 0 Å². The number of ether oxygens (including phenoxy) is 1. The first-order valence-electron chi connectivity index (χ1n) is 11.5. The van der Waals surface area contributed by atoms with Gasteiger partial charge in [-0.25, -0.2) is 14.5 Å². The summed E-state index contributed by atoms with van der Waals surface area (Å²) >= 11 is 5.90. The number of nitrogens with two attached hydrogens (primary N) is 1. The summed E-state index contributed by atoms with van der Waals surface area (Å²) in [5.41, 5.74) is 8.58. The smallest absolute Gasteiger partial charge is 0.256 e. The molecule has 192 valence electrons. The highest BCUT2D eigenvalue weighted by atomic mass is 35.5. The fourth-order valence-corrected chi connectivity index (χ4v) is 4.02. The van der Waals surface area contributed by atoms with Crippen LogP contribution < -0.4 is 21.1 Å². The normalized spacial score (nSPS) is 11.8. The number of carbonyl (C=O) groups is 2. The maximum Gasteiger partial charge on any atom is 0.256 e. The van der Waals surface area contributed by atoms with Gasteiger partial charge in [-0.2, -0.15) is 5.10 Å². The molecule has 1 atom stereocenters. The zero-order valence-electron chi connectivity index (χ0n) is 20.2. The molecule has 0 saturated heterocycles. The van der Waals surface area contributed by atoms with Gasteiger partial charge in [-0.1, -0.05) is 23.7 Å². The molecule has 37 heavy (non-hydrogen) atoms. The van der Waals surface area contributed by atoms with Crippen LogP contribution in [0.15, 0.2) is 48.9 Å². The second-order valence-corrected chi connectivity index (χ2v) is 8.54. The van der Waals surface area contributed by atoms with E-state index in [4.69, 9.17) is 22.1 Å². The van der Waals surface area contributed by atoms with Gasteiger partial charge in [0.2, 0.25) is 5.88 Å². The van der Waals surface area contributed by atoms with Crippen LogP contribution in [0.2, 0.25) is 5.02 Å². The highest BCUT2D eigenvalue weighted by molar-refractivity contribution is 6.30. The Morgan fingerprint density at radius 2 is 1.86 bits per heavy atom. The number of nitrogens with one attached hydrogen (secondary N) is 2. The molecule has 0 bridgehead atoms. The van der Waals surface area contributed by atoms with Crippen LogP contribution in [0, 0.1) is 0 Å². The summed E-state index contributed by atoms with van der Waals surface area (Å²) in [6, 6.07) is 10.1. The van der Waals surface area contributed by atoms with Gasteiger partial charge in [-0.15, -0.1) is 0 Å². The Kier molecular flexibility index (Phi) is 7.85. The number of fused-ring (bicyclic) bond motifs is 1. The Hall–Kier alpha value is -4.22. The maximum absolute atomic E-state index is 13.0. The second kappa shape index (κ2) is 11.2. The number of aliphatic hydroxyl groups is 1. The average molecular weight is 524 g/mol. The van der Waals surface area contributed by atoms with E-state index in [1.54, 1.807) is 36.4 Å². The van der Waals surface area contributed by atoms with Crippen molar-refractivity contribution >= 4 is 34.7 Å². The molecule has 1 aromatic carbocycles. The minimum absolute atomic E-state index is 0.124. The quantitative estimate of drug-likeness (QED) is 0.261. The van der Waals surface area contributed by atoms with Gasteiger partial charge < -0.3 is 26.2 Å². The molecule has 1 unspecified atom stereocenters. The monoisotopic (exact) mass is 523 g/mol. The summed E-state index contributed by atoms with van der Waals surface area (Å²) in [7, 11) is 1.41. The van der Waals surface area contributed by atoms with Crippen molar-refractivity contribution in [2.45, 2.75) is 19.4 Å². The SMILES string of the molecule is CCNC(=O)c1cc(-c2cnc(OC)c(C(=O)NCCC(O)c3ccc(Cl)cc3)c2)n2ncnc(N)c12. The summed E-state index contributed by atoms with van der Waals surface area (Å²) in [5, 5.41) is 20.8. The largest absolute Gasteiger partial charge is 0.480 e. The fourth-order valence-electron chi connectivity index (χ4n) is 3.89. The van der Waals surface area contributed by atoms with Crippen molar-refractivity contribution in [1.29, 1.82) is 0 Å². The molecule has 4 aromatic rings. The third-order valence-corrected chi connectivity index (χ3v) is 5.96. The fraction of sp³-hybridized carbons (Fsp3) is 0.240. The van der Waals surface area contributed by atoms with Gasteiger partial charge in [0.25, 0.3) is 11.8 Å². The van der Waals surface area contributed by atoms with E-state index in [0.717, 1.165) is 0 Å². The lowest BCUT2D eigenvalue weighted by Gasteiger charge is -2.13. The number of benzene rings is 1. The number of methoxy groups -OCH3 is 1. The molecule has 0 saturated carbocycles.